The largest absolute Gasteiger partial charge is 0.458 e. The number of carbonyl (C=O) groups excluding carboxylic acids is 2. The molecule has 3 saturated carbocycles. The van der Waals surface area contributed by atoms with E-state index < -0.39 is 53.0 Å². The van der Waals surface area contributed by atoms with E-state index >= 15 is 0 Å². The van der Waals surface area contributed by atoms with E-state index in [1.54, 1.807) is 38.1 Å². The molecule has 1 aromatic carbocycles. The average molecular weight is 674 g/mol. The highest BCUT2D eigenvalue weighted by Gasteiger charge is 2.60. The lowest BCUT2D eigenvalue weighted by Crippen LogP contribution is -2.53. The molecule has 47 heavy (non-hydrogen) atoms. The minimum atomic E-state index is -3.85. The van der Waals surface area contributed by atoms with Crippen molar-refractivity contribution >= 4 is 22.1 Å². The molecule has 5 rings (SSSR count). The highest BCUT2D eigenvalue weighted by atomic mass is 32.2. The predicted octanol–water partition coefficient (Wildman–Crippen LogP) is 8.44. The SMILES string of the molecule is [2H]C([2H])([2H])C(C)[C@@H](C)[C@@H](OC(C)=O)[C@H](OC(C)=O)[C@@H](C)[C@H]1CC[C@H]2[C@@H]3CC=C4C[C@@H](OS(=O)(=O)c5ccc(C)cc5)CC[C@]4(C)[C@H]3CC[C@]12C. The Kier molecular flexibility index (Phi) is 9.28. The first-order chi connectivity index (χ1) is 23.2. The molecule has 0 radical (unpaired) electrons. The summed E-state index contributed by atoms with van der Waals surface area (Å²) in [5, 5.41) is 0. The number of fused-ring (bicyclic) bond motifs is 5. The second-order valence-electron chi connectivity index (χ2n) is 15.9. The monoisotopic (exact) mass is 673 g/mol. The molecular formula is C39H58O7S. The van der Waals surface area contributed by atoms with Gasteiger partial charge in [-0.15, -0.1) is 0 Å². The Balaban J connectivity index is 1.35. The number of carbonyl (C=O) groups is 2. The molecule has 0 heterocycles. The fourth-order valence-corrected chi connectivity index (χ4v) is 11.5. The van der Waals surface area contributed by atoms with Gasteiger partial charge in [0.05, 0.1) is 11.0 Å². The number of hydrogen-bond acceptors (Lipinski definition) is 7. The molecule has 0 aromatic heterocycles. The van der Waals surface area contributed by atoms with Gasteiger partial charge in [-0.05, 0) is 117 Å². The highest BCUT2D eigenvalue weighted by molar-refractivity contribution is 7.86. The minimum absolute atomic E-state index is 0.0109. The molecule has 1 unspecified atom stereocenters. The summed E-state index contributed by atoms with van der Waals surface area (Å²) in [7, 11) is -3.85. The van der Waals surface area contributed by atoms with Crippen LogP contribution < -0.4 is 0 Å². The Morgan fingerprint density at radius 3 is 2.21 bits per heavy atom. The van der Waals surface area contributed by atoms with E-state index in [1.165, 1.54) is 19.4 Å². The summed E-state index contributed by atoms with van der Waals surface area (Å²) >= 11 is 0. The number of hydrogen-bond donors (Lipinski definition) is 0. The molecule has 1 aromatic rings. The Bertz CT molecular complexity index is 1560. The number of esters is 2. The van der Waals surface area contributed by atoms with Gasteiger partial charge in [0.1, 0.15) is 12.2 Å². The lowest BCUT2D eigenvalue weighted by atomic mass is 9.47. The van der Waals surface area contributed by atoms with Gasteiger partial charge in [0.25, 0.3) is 10.1 Å². The number of ether oxygens (including phenoxy) is 2. The van der Waals surface area contributed by atoms with Crippen LogP contribution in [0.15, 0.2) is 40.8 Å². The van der Waals surface area contributed by atoms with Crippen molar-refractivity contribution in [2.45, 2.75) is 137 Å². The normalized spacial score (nSPS) is 36.4. The zero-order chi connectivity index (χ0) is 37.0. The van der Waals surface area contributed by atoms with E-state index in [4.69, 9.17) is 17.8 Å². The quantitative estimate of drug-likeness (QED) is 0.140. The molecule has 0 bridgehead atoms. The number of rotatable bonds is 10. The number of aryl methyl sites for hydroxylation is 1. The smallest absolute Gasteiger partial charge is 0.303 e. The van der Waals surface area contributed by atoms with E-state index in [1.807, 2.05) is 6.92 Å². The zero-order valence-corrected chi connectivity index (χ0v) is 30.4. The molecule has 0 N–H and O–H groups in total. The standard InChI is InChI=1S/C39H58O7S/c1-23(2)25(4)36(44-27(6)40)37(45-28(7)41)26(5)33-16-17-34-32-15-12-29-22-30(46-47(42,43)31-13-10-24(3)11-14-31)18-20-38(29,8)35(32)19-21-39(33,34)9/h10-14,23,25-26,30,32-37H,15-22H2,1-9H3/t25-,26+,30+,32+,33-,34+,35+,36-,37-,38+,39-/m1/s1/i1D3/t23?,25-,26+,30+,32+,33-,34+,35+,36-,37-,38+,39-. The van der Waals surface area contributed by atoms with E-state index in [9.17, 15) is 18.0 Å². The summed E-state index contributed by atoms with van der Waals surface area (Å²) in [5.74, 6) is -0.857. The number of allylic oxidation sites excluding steroid dienone is 1. The third kappa shape index (κ3) is 6.97. The predicted molar refractivity (Wildman–Crippen MR) is 183 cm³/mol. The molecule has 4 aliphatic carbocycles. The van der Waals surface area contributed by atoms with E-state index in [0.29, 0.717) is 30.6 Å². The summed E-state index contributed by atoms with van der Waals surface area (Å²) < 4.78 is 68.1. The summed E-state index contributed by atoms with van der Waals surface area (Å²) in [6.07, 6.45) is 7.60. The molecule has 0 saturated heterocycles. The van der Waals surface area contributed by atoms with Crippen LogP contribution in [0.5, 0.6) is 0 Å². The number of benzene rings is 1. The van der Waals surface area contributed by atoms with E-state index in [-0.39, 0.29) is 33.7 Å². The van der Waals surface area contributed by atoms with Crippen molar-refractivity contribution < 1.29 is 35.8 Å². The average Bonchev–Trinajstić information content (AvgIpc) is 3.38. The fourth-order valence-electron chi connectivity index (χ4n) is 10.4. The van der Waals surface area contributed by atoms with Crippen LogP contribution in [-0.4, -0.2) is 38.7 Å². The van der Waals surface area contributed by atoms with Gasteiger partial charge in [-0.25, -0.2) is 0 Å². The van der Waals surface area contributed by atoms with Crippen LogP contribution in [0, 0.1) is 59.2 Å². The first-order valence-electron chi connectivity index (χ1n) is 19.2. The molecule has 3 fully saturated rings. The van der Waals surface area contributed by atoms with Crippen molar-refractivity contribution in [3.63, 3.8) is 0 Å². The summed E-state index contributed by atoms with van der Waals surface area (Å²) in [5.41, 5.74) is 2.29. The van der Waals surface area contributed by atoms with E-state index in [2.05, 4.69) is 26.8 Å². The van der Waals surface area contributed by atoms with Gasteiger partial charge >= 0.3 is 11.9 Å². The van der Waals surface area contributed by atoms with Gasteiger partial charge in [-0.2, -0.15) is 8.42 Å². The molecule has 12 atom stereocenters. The molecule has 8 heteroatoms. The second-order valence-corrected chi connectivity index (χ2v) is 17.4. The third-order valence-corrected chi connectivity index (χ3v) is 14.5. The van der Waals surface area contributed by atoms with Crippen molar-refractivity contribution in [2.75, 3.05) is 0 Å². The van der Waals surface area contributed by atoms with Gasteiger partial charge < -0.3 is 9.47 Å². The van der Waals surface area contributed by atoms with Crippen molar-refractivity contribution in [1.29, 1.82) is 0 Å². The second kappa shape index (κ2) is 13.6. The van der Waals surface area contributed by atoms with E-state index in [0.717, 1.165) is 44.1 Å². The zero-order valence-electron chi connectivity index (χ0n) is 32.6. The van der Waals surface area contributed by atoms with Crippen molar-refractivity contribution in [3.05, 3.63) is 41.5 Å². The van der Waals surface area contributed by atoms with Crippen LogP contribution in [0.2, 0.25) is 0 Å². The summed E-state index contributed by atoms with van der Waals surface area (Å²) in [4.78, 5) is 25.1. The van der Waals surface area contributed by atoms with Gasteiger partial charge in [-0.1, -0.05) is 70.8 Å². The molecule has 0 amide bonds. The Hall–Kier alpha value is -2.19. The Morgan fingerprint density at radius 2 is 1.57 bits per heavy atom. The molecule has 0 spiro atoms. The first-order valence-corrected chi connectivity index (χ1v) is 19.1. The third-order valence-electron chi connectivity index (χ3n) is 13.1. The minimum Gasteiger partial charge on any atom is -0.458 e. The van der Waals surface area contributed by atoms with Gasteiger partial charge in [-0.3, -0.25) is 13.8 Å². The Labute approximate surface area is 287 Å². The summed E-state index contributed by atoms with van der Waals surface area (Å²) in [6.45, 7) is 12.6. The van der Waals surface area contributed by atoms with Crippen LogP contribution in [0.4, 0.5) is 0 Å². The van der Waals surface area contributed by atoms with Crippen LogP contribution in [0.1, 0.15) is 116 Å². The molecule has 4 aliphatic rings. The maximum Gasteiger partial charge on any atom is 0.303 e. The van der Waals surface area contributed by atoms with Crippen molar-refractivity contribution in [1.82, 2.24) is 0 Å². The van der Waals surface area contributed by atoms with Gasteiger partial charge in [0, 0.05) is 23.9 Å². The molecule has 7 nitrogen and oxygen atoms in total. The molecule has 0 aliphatic heterocycles. The van der Waals surface area contributed by atoms with Crippen LogP contribution in [0.3, 0.4) is 0 Å². The van der Waals surface area contributed by atoms with Gasteiger partial charge in [0.15, 0.2) is 0 Å². The van der Waals surface area contributed by atoms with Gasteiger partial charge in [0.2, 0.25) is 0 Å². The molecular weight excluding hydrogens is 612 g/mol. The maximum atomic E-state index is 13.1. The Morgan fingerprint density at radius 1 is 0.915 bits per heavy atom. The maximum absolute atomic E-state index is 13.1. The fraction of sp³-hybridized carbons (Fsp3) is 0.744. The lowest BCUT2D eigenvalue weighted by Gasteiger charge is -2.58. The van der Waals surface area contributed by atoms with Crippen molar-refractivity contribution in [3.8, 4) is 0 Å². The highest BCUT2D eigenvalue weighted by Crippen LogP contribution is 2.67. The van der Waals surface area contributed by atoms with Crippen LogP contribution >= 0.6 is 0 Å². The molecule has 262 valence electrons. The van der Waals surface area contributed by atoms with Crippen molar-refractivity contribution in [2.24, 2.45) is 52.3 Å². The summed E-state index contributed by atoms with van der Waals surface area (Å²) in [6, 6.07) is 6.80. The van der Waals surface area contributed by atoms with Crippen LogP contribution in [-0.2, 0) is 33.4 Å². The van der Waals surface area contributed by atoms with Crippen LogP contribution in [0.25, 0.3) is 0 Å². The topological polar surface area (TPSA) is 96.0 Å². The lowest BCUT2D eigenvalue weighted by molar-refractivity contribution is -0.180. The first kappa shape index (κ1) is 32.0.